The molecular weight excluding hydrogens is 288 g/mol. The average Bonchev–Trinajstić information content (AvgIpc) is 2.59. The molecule has 0 radical (unpaired) electrons. The van der Waals surface area contributed by atoms with Gasteiger partial charge in [0.2, 0.25) is 0 Å². The SMILES string of the molecule is COC(=O)c1cnc(-c2ccccc2N=O)c(C(=O)OC)c1. The normalized spacial score (nSPS) is 9.91. The number of carbonyl (C=O) groups excluding carboxylic acids is 2. The summed E-state index contributed by atoms with van der Waals surface area (Å²) in [4.78, 5) is 38.5. The number of ether oxygens (including phenoxy) is 2. The van der Waals surface area contributed by atoms with Crippen LogP contribution in [0.25, 0.3) is 11.3 Å². The summed E-state index contributed by atoms with van der Waals surface area (Å²) in [6.07, 6.45) is 1.26. The number of aromatic nitrogens is 1. The Morgan fingerprint density at radius 3 is 2.41 bits per heavy atom. The van der Waals surface area contributed by atoms with Gasteiger partial charge in [0.1, 0.15) is 5.69 Å². The molecule has 0 aliphatic carbocycles. The molecule has 1 aromatic carbocycles. The number of esters is 2. The second-order valence-corrected chi connectivity index (χ2v) is 4.21. The van der Waals surface area contributed by atoms with E-state index < -0.39 is 11.9 Å². The van der Waals surface area contributed by atoms with E-state index >= 15 is 0 Å². The van der Waals surface area contributed by atoms with Crippen molar-refractivity contribution in [2.24, 2.45) is 5.18 Å². The van der Waals surface area contributed by atoms with E-state index in [1.165, 1.54) is 32.5 Å². The lowest BCUT2D eigenvalue weighted by Crippen LogP contribution is -2.09. The molecule has 2 rings (SSSR count). The molecule has 0 bridgehead atoms. The van der Waals surface area contributed by atoms with Crippen LogP contribution in [0.2, 0.25) is 0 Å². The molecule has 0 saturated heterocycles. The molecule has 1 aromatic heterocycles. The van der Waals surface area contributed by atoms with Crippen LogP contribution in [0.15, 0.2) is 41.7 Å². The Hall–Kier alpha value is -3.09. The molecule has 112 valence electrons. The summed E-state index contributed by atoms with van der Waals surface area (Å²) >= 11 is 0. The Bertz CT molecular complexity index is 742. The third-order valence-corrected chi connectivity index (χ3v) is 2.97. The van der Waals surface area contributed by atoms with Gasteiger partial charge in [0, 0.05) is 11.8 Å². The van der Waals surface area contributed by atoms with Crippen LogP contribution in [0.5, 0.6) is 0 Å². The predicted molar refractivity (Wildman–Crippen MR) is 77.8 cm³/mol. The van der Waals surface area contributed by atoms with E-state index in [4.69, 9.17) is 4.74 Å². The lowest BCUT2D eigenvalue weighted by atomic mass is 10.0. The second-order valence-electron chi connectivity index (χ2n) is 4.21. The molecule has 0 unspecified atom stereocenters. The van der Waals surface area contributed by atoms with Crippen molar-refractivity contribution in [1.82, 2.24) is 4.98 Å². The van der Waals surface area contributed by atoms with Crippen LogP contribution in [0.1, 0.15) is 20.7 Å². The van der Waals surface area contributed by atoms with Crippen LogP contribution < -0.4 is 0 Å². The van der Waals surface area contributed by atoms with Crippen LogP contribution >= 0.6 is 0 Å². The molecule has 0 N–H and O–H groups in total. The number of carbonyl (C=O) groups is 2. The maximum absolute atomic E-state index is 11.9. The summed E-state index contributed by atoms with van der Waals surface area (Å²) in [6.45, 7) is 0. The molecule has 7 heteroatoms. The van der Waals surface area contributed by atoms with E-state index in [0.717, 1.165) is 0 Å². The van der Waals surface area contributed by atoms with Gasteiger partial charge in [-0.3, -0.25) is 4.98 Å². The first-order valence-electron chi connectivity index (χ1n) is 6.21. The number of hydrogen-bond acceptors (Lipinski definition) is 7. The topological polar surface area (TPSA) is 94.9 Å². The van der Waals surface area contributed by atoms with E-state index in [0.29, 0.717) is 5.56 Å². The number of benzene rings is 1. The molecule has 0 spiro atoms. The van der Waals surface area contributed by atoms with Crippen molar-refractivity contribution in [2.75, 3.05) is 14.2 Å². The monoisotopic (exact) mass is 300 g/mol. The summed E-state index contributed by atoms with van der Waals surface area (Å²) < 4.78 is 9.30. The van der Waals surface area contributed by atoms with Crippen LogP contribution in [-0.2, 0) is 9.47 Å². The van der Waals surface area contributed by atoms with Crippen molar-refractivity contribution in [3.8, 4) is 11.3 Å². The van der Waals surface area contributed by atoms with Gasteiger partial charge in [-0.1, -0.05) is 18.2 Å². The molecule has 0 aliphatic rings. The Morgan fingerprint density at radius 1 is 1.09 bits per heavy atom. The first-order valence-corrected chi connectivity index (χ1v) is 6.21. The zero-order chi connectivity index (χ0) is 16.1. The molecule has 0 atom stereocenters. The first kappa shape index (κ1) is 15.3. The molecule has 1 heterocycles. The van der Waals surface area contributed by atoms with Gasteiger partial charge in [-0.25, -0.2) is 9.59 Å². The van der Waals surface area contributed by atoms with Gasteiger partial charge in [-0.15, -0.1) is 4.91 Å². The highest BCUT2D eigenvalue weighted by molar-refractivity contribution is 6.00. The van der Waals surface area contributed by atoms with Crippen molar-refractivity contribution in [1.29, 1.82) is 0 Å². The third kappa shape index (κ3) is 2.83. The molecule has 0 saturated carbocycles. The minimum absolute atomic E-state index is 0.0431. The zero-order valence-electron chi connectivity index (χ0n) is 11.9. The highest BCUT2D eigenvalue weighted by atomic mass is 16.5. The maximum Gasteiger partial charge on any atom is 0.340 e. The zero-order valence-corrected chi connectivity index (χ0v) is 11.9. The standard InChI is InChI=1S/C15H12N2O5/c1-21-14(18)9-7-11(15(19)22-2)13(16-8-9)10-5-3-4-6-12(10)17-20/h3-8H,1-2H3. The van der Waals surface area contributed by atoms with E-state index in [9.17, 15) is 14.5 Å². The fourth-order valence-electron chi connectivity index (χ4n) is 1.93. The lowest BCUT2D eigenvalue weighted by molar-refractivity contribution is 0.0599. The third-order valence-electron chi connectivity index (χ3n) is 2.97. The van der Waals surface area contributed by atoms with E-state index in [-0.39, 0.29) is 22.5 Å². The Kier molecular flexibility index (Phi) is 4.57. The molecule has 22 heavy (non-hydrogen) atoms. The second kappa shape index (κ2) is 6.57. The summed E-state index contributed by atoms with van der Waals surface area (Å²) in [5.74, 6) is -1.32. The van der Waals surface area contributed by atoms with Gasteiger partial charge in [0.05, 0.1) is 31.0 Å². The minimum atomic E-state index is -0.686. The van der Waals surface area contributed by atoms with Crippen LogP contribution in [0, 0.1) is 4.91 Å². The number of hydrogen-bond donors (Lipinski definition) is 0. The van der Waals surface area contributed by atoms with Gasteiger partial charge in [-0.2, -0.15) is 0 Å². The molecule has 7 nitrogen and oxygen atoms in total. The van der Waals surface area contributed by atoms with Gasteiger partial charge in [-0.05, 0) is 17.3 Å². The Balaban J connectivity index is 2.67. The Morgan fingerprint density at radius 2 is 1.77 bits per heavy atom. The average molecular weight is 300 g/mol. The highest BCUT2D eigenvalue weighted by Gasteiger charge is 2.20. The maximum atomic E-state index is 11.9. The first-order chi connectivity index (χ1) is 10.6. The van der Waals surface area contributed by atoms with Crippen molar-refractivity contribution in [3.63, 3.8) is 0 Å². The number of pyridine rings is 1. The van der Waals surface area contributed by atoms with Crippen molar-refractivity contribution in [3.05, 3.63) is 52.6 Å². The quantitative estimate of drug-likeness (QED) is 0.636. The van der Waals surface area contributed by atoms with E-state index in [1.807, 2.05) is 0 Å². The number of nitrogens with zero attached hydrogens (tertiary/aromatic N) is 2. The predicted octanol–water partition coefficient (Wildman–Crippen LogP) is 2.72. The van der Waals surface area contributed by atoms with Gasteiger partial charge >= 0.3 is 11.9 Å². The number of methoxy groups -OCH3 is 2. The van der Waals surface area contributed by atoms with Crippen LogP contribution in [0.4, 0.5) is 5.69 Å². The summed E-state index contributed by atoms with van der Waals surface area (Å²) in [5, 5.41) is 2.91. The van der Waals surface area contributed by atoms with E-state index in [1.54, 1.807) is 18.2 Å². The van der Waals surface area contributed by atoms with Crippen molar-refractivity contribution >= 4 is 17.6 Å². The molecule has 2 aromatic rings. The van der Waals surface area contributed by atoms with Gasteiger partial charge in [0.15, 0.2) is 0 Å². The summed E-state index contributed by atoms with van der Waals surface area (Å²) in [5.41, 5.74) is 0.847. The molecule has 0 aliphatic heterocycles. The van der Waals surface area contributed by atoms with E-state index in [2.05, 4.69) is 14.9 Å². The van der Waals surface area contributed by atoms with Crippen LogP contribution in [0.3, 0.4) is 0 Å². The largest absolute Gasteiger partial charge is 0.465 e. The van der Waals surface area contributed by atoms with Crippen molar-refractivity contribution < 1.29 is 19.1 Å². The fraction of sp³-hybridized carbons (Fsp3) is 0.133. The van der Waals surface area contributed by atoms with Gasteiger partial charge in [0.25, 0.3) is 0 Å². The lowest BCUT2D eigenvalue weighted by Gasteiger charge is -2.10. The highest BCUT2D eigenvalue weighted by Crippen LogP contribution is 2.31. The van der Waals surface area contributed by atoms with Gasteiger partial charge < -0.3 is 9.47 Å². The number of nitroso groups, excluding NO2 is 1. The molecule has 0 amide bonds. The smallest absolute Gasteiger partial charge is 0.340 e. The molecular formula is C15H12N2O5. The molecule has 0 fully saturated rings. The van der Waals surface area contributed by atoms with Crippen LogP contribution in [-0.4, -0.2) is 31.1 Å². The summed E-state index contributed by atoms with van der Waals surface area (Å²) in [7, 11) is 2.43. The number of rotatable bonds is 4. The van der Waals surface area contributed by atoms with Crippen molar-refractivity contribution in [2.45, 2.75) is 0 Å². The fourth-order valence-corrected chi connectivity index (χ4v) is 1.93. The minimum Gasteiger partial charge on any atom is -0.465 e. The Labute approximate surface area is 125 Å². The summed E-state index contributed by atoms with van der Waals surface area (Å²) in [6, 6.07) is 7.73.